The van der Waals surface area contributed by atoms with E-state index in [0.29, 0.717) is 28.0 Å². The highest BCUT2D eigenvalue weighted by Gasteiger charge is 2.09. The van der Waals surface area contributed by atoms with Crippen LogP contribution >= 0.6 is 11.6 Å². The van der Waals surface area contributed by atoms with E-state index in [9.17, 15) is 4.39 Å². The van der Waals surface area contributed by atoms with E-state index in [1.807, 2.05) is 0 Å². The lowest BCUT2D eigenvalue weighted by Gasteiger charge is -2.06. The number of hydrogen-bond donors (Lipinski definition) is 0. The molecular weight excluding hydrogens is 243 g/mol. The van der Waals surface area contributed by atoms with E-state index in [1.165, 1.54) is 19.2 Å². The molecule has 0 spiro atoms. The minimum Gasteiger partial charge on any atom is -0.497 e. The van der Waals surface area contributed by atoms with Gasteiger partial charge in [0, 0.05) is 17.7 Å². The van der Waals surface area contributed by atoms with Gasteiger partial charge < -0.3 is 4.74 Å². The maximum absolute atomic E-state index is 13.8. The number of benzene rings is 1. The molecule has 0 aliphatic heterocycles. The van der Waals surface area contributed by atoms with Crippen molar-refractivity contribution in [3.8, 4) is 17.0 Å². The third kappa shape index (κ3) is 2.53. The van der Waals surface area contributed by atoms with Crippen LogP contribution in [0.15, 0.2) is 24.3 Å². The second kappa shape index (κ2) is 4.67. The van der Waals surface area contributed by atoms with Crippen molar-refractivity contribution in [3.05, 3.63) is 41.1 Å². The van der Waals surface area contributed by atoms with Crippen molar-refractivity contribution in [1.29, 1.82) is 0 Å². The zero-order chi connectivity index (χ0) is 12.4. The number of halogens is 2. The maximum Gasteiger partial charge on any atom is 0.136 e. The summed E-state index contributed by atoms with van der Waals surface area (Å²) in [6, 6.07) is 6.11. The number of nitrogens with zero attached hydrogens (tertiary/aromatic N) is 2. The Bertz CT molecular complexity index is 540. The van der Waals surface area contributed by atoms with Crippen molar-refractivity contribution in [2.45, 2.75) is 6.92 Å². The Morgan fingerprint density at radius 3 is 2.59 bits per heavy atom. The lowest BCUT2D eigenvalue weighted by Crippen LogP contribution is -1.94. The Hall–Kier alpha value is -1.68. The van der Waals surface area contributed by atoms with Gasteiger partial charge >= 0.3 is 0 Å². The average Bonchev–Trinajstić information content (AvgIpc) is 2.27. The van der Waals surface area contributed by atoms with Crippen LogP contribution < -0.4 is 4.74 Å². The zero-order valence-corrected chi connectivity index (χ0v) is 10.1. The monoisotopic (exact) mass is 252 g/mol. The quantitative estimate of drug-likeness (QED) is 0.770. The summed E-state index contributed by atoms with van der Waals surface area (Å²) in [6.45, 7) is 1.71. The molecule has 0 amide bonds. The lowest BCUT2D eigenvalue weighted by atomic mass is 10.1. The fourth-order valence-electron chi connectivity index (χ4n) is 1.50. The molecule has 0 radical (unpaired) electrons. The molecule has 0 N–H and O–H groups in total. The molecule has 0 fully saturated rings. The van der Waals surface area contributed by atoms with Crippen molar-refractivity contribution in [1.82, 2.24) is 9.97 Å². The fourth-order valence-corrected chi connectivity index (χ4v) is 1.73. The Labute approximate surface area is 103 Å². The van der Waals surface area contributed by atoms with Gasteiger partial charge in [-0.05, 0) is 19.1 Å². The molecule has 0 bridgehead atoms. The number of aryl methyl sites for hydroxylation is 1. The number of ether oxygens (including phenoxy) is 1. The average molecular weight is 253 g/mol. The third-order valence-electron chi connectivity index (χ3n) is 2.26. The van der Waals surface area contributed by atoms with Crippen molar-refractivity contribution in [3.63, 3.8) is 0 Å². The second-order valence-corrected chi connectivity index (χ2v) is 3.86. The van der Waals surface area contributed by atoms with Crippen molar-refractivity contribution in [2.75, 3.05) is 7.11 Å². The fraction of sp³-hybridized carbons (Fsp3) is 0.167. The second-order valence-electron chi connectivity index (χ2n) is 3.47. The van der Waals surface area contributed by atoms with Crippen molar-refractivity contribution < 1.29 is 9.13 Å². The summed E-state index contributed by atoms with van der Waals surface area (Å²) in [5.74, 6) is 0.560. The predicted molar refractivity (Wildman–Crippen MR) is 63.7 cm³/mol. The topological polar surface area (TPSA) is 35.0 Å². The van der Waals surface area contributed by atoms with Crippen LogP contribution in [0.1, 0.15) is 5.82 Å². The predicted octanol–water partition coefficient (Wildman–Crippen LogP) is 3.25. The molecule has 17 heavy (non-hydrogen) atoms. The summed E-state index contributed by atoms with van der Waals surface area (Å²) in [5, 5.41) is 0.294. The Morgan fingerprint density at radius 2 is 2.00 bits per heavy atom. The normalized spacial score (nSPS) is 10.4. The van der Waals surface area contributed by atoms with Crippen LogP contribution in [0.5, 0.6) is 5.75 Å². The summed E-state index contributed by atoms with van der Waals surface area (Å²) in [6.07, 6.45) is 0. The van der Waals surface area contributed by atoms with Gasteiger partial charge in [-0.2, -0.15) is 0 Å². The number of rotatable bonds is 2. The Balaban J connectivity index is 2.52. The van der Waals surface area contributed by atoms with Gasteiger partial charge in [0.2, 0.25) is 0 Å². The number of hydrogen-bond acceptors (Lipinski definition) is 3. The van der Waals surface area contributed by atoms with E-state index < -0.39 is 5.82 Å². The maximum atomic E-state index is 13.8. The molecule has 0 unspecified atom stereocenters. The molecule has 0 saturated carbocycles. The van der Waals surface area contributed by atoms with E-state index in [1.54, 1.807) is 19.1 Å². The molecule has 88 valence electrons. The van der Waals surface area contributed by atoms with Gasteiger partial charge in [-0.15, -0.1) is 0 Å². The standard InChI is InChI=1S/C12H10ClFN2O/c1-7-15-11(6-12(13)16-7)9-4-3-8(17-2)5-10(9)14/h3-6H,1-2H3. The van der Waals surface area contributed by atoms with Gasteiger partial charge in [0.15, 0.2) is 0 Å². The molecule has 0 atom stereocenters. The van der Waals surface area contributed by atoms with Crippen molar-refractivity contribution >= 4 is 11.6 Å². The molecule has 2 aromatic rings. The smallest absolute Gasteiger partial charge is 0.136 e. The molecular formula is C12H10ClFN2O. The van der Waals surface area contributed by atoms with Gasteiger partial charge in [-0.1, -0.05) is 11.6 Å². The van der Waals surface area contributed by atoms with Gasteiger partial charge in [-0.25, -0.2) is 14.4 Å². The molecule has 1 aromatic heterocycles. The Kier molecular flexibility index (Phi) is 3.24. The van der Waals surface area contributed by atoms with Gasteiger partial charge in [-0.3, -0.25) is 0 Å². The van der Waals surface area contributed by atoms with E-state index in [4.69, 9.17) is 16.3 Å². The van der Waals surface area contributed by atoms with Crippen LogP contribution in [-0.4, -0.2) is 17.1 Å². The highest BCUT2D eigenvalue weighted by Crippen LogP contribution is 2.26. The summed E-state index contributed by atoms with van der Waals surface area (Å²) < 4.78 is 18.7. The van der Waals surface area contributed by atoms with E-state index in [0.717, 1.165) is 0 Å². The van der Waals surface area contributed by atoms with Crippen LogP contribution in [0.4, 0.5) is 4.39 Å². The van der Waals surface area contributed by atoms with Crippen LogP contribution in [0.2, 0.25) is 5.15 Å². The first-order valence-electron chi connectivity index (χ1n) is 4.95. The molecule has 1 heterocycles. The Morgan fingerprint density at radius 1 is 1.24 bits per heavy atom. The highest BCUT2D eigenvalue weighted by molar-refractivity contribution is 6.29. The summed E-state index contributed by atoms with van der Waals surface area (Å²) in [4.78, 5) is 8.07. The molecule has 0 aliphatic rings. The van der Waals surface area contributed by atoms with Gasteiger partial charge in [0.1, 0.15) is 22.5 Å². The molecule has 1 aromatic carbocycles. The van der Waals surface area contributed by atoms with E-state index in [-0.39, 0.29) is 0 Å². The first kappa shape index (κ1) is 11.8. The minimum atomic E-state index is -0.404. The molecule has 2 rings (SSSR count). The van der Waals surface area contributed by atoms with Crippen molar-refractivity contribution in [2.24, 2.45) is 0 Å². The van der Waals surface area contributed by atoms with Gasteiger partial charge in [0.05, 0.1) is 12.8 Å². The molecule has 0 aliphatic carbocycles. The molecule has 0 saturated heterocycles. The highest BCUT2D eigenvalue weighted by atomic mass is 35.5. The van der Waals surface area contributed by atoms with Gasteiger partial charge in [0.25, 0.3) is 0 Å². The third-order valence-corrected chi connectivity index (χ3v) is 2.45. The van der Waals surface area contributed by atoms with Crippen LogP contribution in [0.25, 0.3) is 11.3 Å². The van der Waals surface area contributed by atoms with Crippen LogP contribution in [-0.2, 0) is 0 Å². The summed E-state index contributed by atoms with van der Waals surface area (Å²) in [7, 11) is 1.49. The molecule has 3 nitrogen and oxygen atoms in total. The van der Waals surface area contributed by atoms with E-state index in [2.05, 4.69) is 9.97 Å². The summed E-state index contributed by atoms with van der Waals surface area (Å²) in [5.41, 5.74) is 0.834. The SMILES string of the molecule is COc1ccc(-c2cc(Cl)nc(C)n2)c(F)c1. The molecule has 5 heteroatoms. The van der Waals surface area contributed by atoms with E-state index >= 15 is 0 Å². The largest absolute Gasteiger partial charge is 0.497 e. The zero-order valence-electron chi connectivity index (χ0n) is 9.37. The summed E-state index contributed by atoms with van der Waals surface area (Å²) >= 11 is 5.81. The first-order chi connectivity index (χ1) is 8.10. The lowest BCUT2D eigenvalue weighted by molar-refractivity contribution is 0.411. The number of aromatic nitrogens is 2. The minimum absolute atomic E-state index is 0.294. The van der Waals surface area contributed by atoms with Crippen LogP contribution in [0.3, 0.4) is 0 Å². The van der Waals surface area contributed by atoms with Crippen LogP contribution in [0, 0.1) is 12.7 Å². The first-order valence-corrected chi connectivity index (χ1v) is 5.33. The number of methoxy groups -OCH3 is 1.